The van der Waals surface area contributed by atoms with Crippen molar-refractivity contribution in [3.05, 3.63) is 0 Å². The molecule has 15 atom stereocenters. The Morgan fingerprint density at radius 2 is 1.05 bits per heavy atom. The van der Waals surface area contributed by atoms with E-state index in [1.54, 1.807) is 0 Å². The van der Waals surface area contributed by atoms with E-state index in [2.05, 4.69) is 0 Å². The van der Waals surface area contributed by atoms with Crippen molar-refractivity contribution in [2.24, 2.45) is 0 Å². The molecule has 0 aliphatic carbocycles. The monoisotopic (exact) mass is 834 g/mol. The van der Waals surface area contributed by atoms with Crippen LogP contribution in [0.5, 0.6) is 0 Å². The lowest BCUT2D eigenvalue weighted by molar-refractivity contribution is -0.0421. The summed E-state index contributed by atoms with van der Waals surface area (Å²) in [6.45, 7) is -2.66. The fourth-order valence-electron chi connectivity index (χ4n) is 6.44. The van der Waals surface area contributed by atoms with Gasteiger partial charge in [-0.05, 0) is 25.7 Å². The maximum Gasteiger partial charge on any atom is 0.474 e. The van der Waals surface area contributed by atoms with Gasteiger partial charge in [-0.15, -0.1) is 0 Å². The molecule has 0 aromatic rings. The van der Waals surface area contributed by atoms with Gasteiger partial charge in [0.2, 0.25) is 0 Å². The Morgan fingerprint density at radius 1 is 0.607 bits per heavy atom. The van der Waals surface area contributed by atoms with Gasteiger partial charge in [0.15, 0.2) is 0 Å². The van der Waals surface area contributed by atoms with Gasteiger partial charge in [-0.2, -0.15) is 0 Å². The first kappa shape index (κ1) is 49.4. The molecule has 56 heavy (non-hydrogen) atoms. The van der Waals surface area contributed by atoms with Gasteiger partial charge in [0, 0.05) is 105 Å². The molecular formula is C25H43B10O18P3. The molecule has 14 radical (unpaired) electrons. The molecule has 18 nitrogen and oxygen atoms in total. The highest BCUT2D eigenvalue weighted by Crippen LogP contribution is 2.56. The Bertz CT molecular complexity index is 1360. The van der Waals surface area contributed by atoms with Gasteiger partial charge in [0.25, 0.3) is 0 Å². The lowest BCUT2D eigenvalue weighted by Gasteiger charge is -2.27. The van der Waals surface area contributed by atoms with Crippen LogP contribution in [0.3, 0.4) is 0 Å². The van der Waals surface area contributed by atoms with Crippen molar-refractivity contribution in [3.8, 4) is 0 Å². The molecule has 4 aliphatic rings. The molecule has 4 rings (SSSR count). The Labute approximate surface area is 339 Å². The first-order valence-electron chi connectivity index (χ1n) is 17.8. The zero-order valence-corrected chi connectivity index (χ0v) is 34.7. The maximum absolute atomic E-state index is 13.9. The minimum Gasteiger partial charge on any atom is -0.382 e. The van der Waals surface area contributed by atoms with Gasteiger partial charge < -0.3 is 28.4 Å². The molecule has 0 bridgehead atoms. The molecule has 0 saturated carbocycles. The van der Waals surface area contributed by atoms with Crippen LogP contribution in [0.1, 0.15) is 25.7 Å². The highest BCUT2D eigenvalue weighted by atomic mass is 31.2. The molecule has 0 N–H and O–H groups in total. The zero-order chi connectivity index (χ0) is 41.3. The minimum absolute atomic E-state index is 0.00580. The maximum atomic E-state index is 13.9. The summed E-state index contributed by atoms with van der Waals surface area (Å²) < 4.78 is 125. The molecule has 7 unspecified atom stereocenters. The Kier molecular flexibility index (Phi) is 20.0. The third-order valence-corrected chi connectivity index (χ3v) is 13.8. The Hall–Kier alpha value is 0.739. The second-order valence-corrected chi connectivity index (χ2v) is 18.5. The second kappa shape index (κ2) is 22.7. The molecule has 0 aromatic carbocycles. The SMILES string of the molecule is [B][B]B([B])[C@H]1CC(OP(=O)(OC)OC[C@H]2O[C@@H](B([B])[B])CC2OP(=O)(OC)OC[C@H]2O[C@@H]([B][B])CC2OP(=O)(OC)OC[C@H]2O[C@@H]([B])CC2OC)[C@@H](COC)O1. The highest BCUT2D eigenvalue weighted by Gasteiger charge is 2.48. The first-order chi connectivity index (χ1) is 26.6. The summed E-state index contributed by atoms with van der Waals surface area (Å²) in [5, 5.41) is 0. The van der Waals surface area contributed by atoms with Crippen LogP contribution in [0.25, 0.3) is 0 Å². The van der Waals surface area contributed by atoms with Crippen molar-refractivity contribution >= 4 is 97.2 Å². The number of ether oxygens (including phenoxy) is 6. The van der Waals surface area contributed by atoms with Gasteiger partial charge in [0.05, 0.1) is 71.0 Å². The lowest BCUT2D eigenvalue weighted by Crippen LogP contribution is -2.38. The van der Waals surface area contributed by atoms with Crippen LogP contribution in [-0.2, 0) is 82.8 Å². The third-order valence-electron chi connectivity index (χ3n) is 9.50. The summed E-state index contributed by atoms with van der Waals surface area (Å²) in [4.78, 5) is 0. The smallest absolute Gasteiger partial charge is 0.382 e. The topological polar surface area (TPSA) is 190 Å². The van der Waals surface area contributed by atoms with E-state index in [1.165, 1.54) is 28.5 Å². The predicted molar refractivity (Wildman–Crippen MR) is 210 cm³/mol. The molecule has 4 heterocycles. The van der Waals surface area contributed by atoms with Crippen LogP contribution in [0, 0.1) is 0 Å². The van der Waals surface area contributed by atoms with Crippen LogP contribution < -0.4 is 0 Å². The molecule has 0 aromatic heterocycles. The summed E-state index contributed by atoms with van der Waals surface area (Å²) in [5.41, 5.74) is 0. The van der Waals surface area contributed by atoms with Crippen molar-refractivity contribution in [2.75, 3.05) is 62.0 Å². The van der Waals surface area contributed by atoms with Gasteiger partial charge in [-0.3, -0.25) is 40.7 Å². The van der Waals surface area contributed by atoms with Crippen LogP contribution in [0.4, 0.5) is 0 Å². The summed E-state index contributed by atoms with van der Waals surface area (Å²) in [6, 6.07) is -2.61. The third kappa shape index (κ3) is 13.6. The number of phosphoric acid groups is 3. The lowest BCUT2D eigenvalue weighted by atomic mass is 9.03. The van der Waals surface area contributed by atoms with Crippen molar-refractivity contribution < 1.29 is 82.8 Å². The fourth-order valence-corrected chi connectivity index (χ4v) is 9.84. The van der Waals surface area contributed by atoms with Gasteiger partial charge >= 0.3 is 23.5 Å². The van der Waals surface area contributed by atoms with Crippen LogP contribution in [-0.4, -0.2) is 209 Å². The van der Waals surface area contributed by atoms with Gasteiger partial charge in [-0.25, -0.2) is 13.7 Å². The quantitative estimate of drug-likeness (QED) is 0.0801. The standard InChI is InChI=1S/C25H43B10O18P3/c1-39-10-18-17(9-25(50-18)35(31)33-28)53-56(38,43-5)46-13-21-16(8-24(49-21)34(29)30)52-55(37,42-4)45-12-20-15(7-23(32-27)48-20)51-54(36,41-3)44-11-19-14(40-2)6-22(26)47-19/h14-25H,6-13H2,1-5H3/t14?,15?,16?,17?,18-,19-,20-,21-,22-,23-,24-,25-,54?,55?,56?/m1/s1. The molecule has 4 saturated heterocycles. The molecule has 4 aliphatic heterocycles. The van der Waals surface area contributed by atoms with Crippen molar-refractivity contribution in [3.63, 3.8) is 0 Å². The molecule has 0 spiro atoms. The summed E-state index contributed by atoms with van der Waals surface area (Å²) >= 11 is 0. The number of hydrogen-bond donors (Lipinski definition) is 0. The van der Waals surface area contributed by atoms with Crippen molar-refractivity contribution in [1.82, 2.24) is 0 Å². The number of hydrogen-bond acceptors (Lipinski definition) is 18. The summed E-state index contributed by atoms with van der Waals surface area (Å²) in [7, 11) is 31.0. The van der Waals surface area contributed by atoms with E-state index in [0.29, 0.717) is 6.42 Å². The number of phosphoric ester groups is 3. The van der Waals surface area contributed by atoms with E-state index in [-0.39, 0.29) is 32.5 Å². The summed E-state index contributed by atoms with van der Waals surface area (Å²) in [5.74, 6) is 0. The normalized spacial score (nSPS) is 36.4. The van der Waals surface area contributed by atoms with E-state index >= 15 is 0 Å². The number of rotatable bonds is 25. The van der Waals surface area contributed by atoms with Gasteiger partial charge in [0.1, 0.15) is 32.3 Å². The zero-order valence-electron chi connectivity index (χ0n) is 32.0. The van der Waals surface area contributed by atoms with E-state index in [4.69, 9.17) is 116 Å². The predicted octanol–water partition coefficient (Wildman–Crippen LogP) is -1.03. The average molecular weight is 833 g/mol. The Morgan fingerprint density at radius 3 is 1.50 bits per heavy atom. The van der Waals surface area contributed by atoms with Crippen LogP contribution >= 0.6 is 23.5 Å². The van der Waals surface area contributed by atoms with Gasteiger partial charge in [-0.1, -0.05) is 0 Å². The largest absolute Gasteiger partial charge is 0.474 e. The van der Waals surface area contributed by atoms with Crippen LogP contribution in [0.2, 0.25) is 0 Å². The molecule has 4 fully saturated rings. The minimum atomic E-state index is -4.44. The average Bonchev–Trinajstić information content (AvgIpc) is 3.97. The highest BCUT2D eigenvalue weighted by molar-refractivity contribution is 7.49. The van der Waals surface area contributed by atoms with E-state index in [0.717, 1.165) is 21.3 Å². The molecule has 296 valence electrons. The van der Waals surface area contributed by atoms with Crippen molar-refractivity contribution in [2.45, 2.75) is 98.5 Å². The number of methoxy groups -OCH3 is 2. The van der Waals surface area contributed by atoms with E-state index in [9.17, 15) is 13.7 Å². The van der Waals surface area contributed by atoms with E-state index < -0.39 is 123 Å². The Balaban J connectivity index is 1.39. The van der Waals surface area contributed by atoms with Crippen molar-refractivity contribution in [1.29, 1.82) is 0 Å². The van der Waals surface area contributed by atoms with Crippen LogP contribution in [0.15, 0.2) is 0 Å². The second-order valence-electron chi connectivity index (χ2n) is 13.3. The van der Waals surface area contributed by atoms with E-state index in [1.807, 2.05) is 0 Å². The fraction of sp³-hybridized carbons (Fsp3) is 1.00. The summed E-state index contributed by atoms with van der Waals surface area (Å²) in [6.07, 6.45) is -5.95. The molecular weight excluding hydrogens is 789 g/mol. The molecule has 31 heteroatoms. The molecule has 0 amide bonds. The first-order valence-corrected chi connectivity index (χ1v) is 22.2.